The maximum Gasteiger partial charge on any atom is 0.389 e. The highest BCUT2D eigenvalue weighted by Crippen LogP contribution is 2.26. The van der Waals surface area contributed by atoms with E-state index in [-0.39, 0.29) is 25.7 Å². The van der Waals surface area contributed by atoms with Crippen molar-refractivity contribution in [2.75, 3.05) is 0 Å². The summed E-state index contributed by atoms with van der Waals surface area (Å²) >= 11 is 0. The quantitative estimate of drug-likeness (QED) is 0.698. The normalized spacial score (nSPS) is 14.7. The minimum atomic E-state index is -4.22. The average molecular weight is 257 g/mol. The molecule has 0 aliphatic rings. The Morgan fingerprint density at radius 2 is 1.65 bits per heavy atom. The molecule has 2 nitrogen and oxygen atoms in total. The number of rotatable bonds is 7. The van der Waals surface area contributed by atoms with Crippen molar-refractivity contribution in [1.29, 1.82) is 0 Å². The molecule has 0 spiro atoms. The summed E-state index contributed by atoms with van der Waals surface area (Å²) in [5, 5.41) is 0. The van der Waals surface area contributed by atoms with Crippen LogP contribution in [-0.2, 0) is 4.79 Å². The molecule has 0 aliphatic carbocycles. The summed E-state index contributed by atoms with van der Waals surface area (Å²) in [4.78, 5) is 11.0. The van der Waals surface area contributed by atoms with Crippen molar-refractivity contribution in [2.24, 2.45) is 11.7 Å². The van der Waals surface area contributed by atoms with Gasteiger partial charge >= 0.3 is 6.18 Å². The van der Waals surface area contributed by atoms with Gasteiger partial charge in [-0.15, -0.1) is 0 Å². The number of carbonyl (C=O) groups is 1. The third kappa shape index (κ3) is 10.1. The molecular weight excluding hydrogens is 238 g/mol. The van der Waals surface area contributed by atoms with Crippen molar-refractivity contribution in [3.63, 3.8) is 0 Å². The Balaban J connectivity index is 4.05. The smallest absolute Gasteiger partial charge is 0.369 e. The number of primary amides is 1. The van der Waals surface area contributed by atoms with Gasteiger partial charge in [0, 0.05) is 12.3 Å². The van der Waals surface area contributed by atoms with Gasteiger partial charge in [0.2, 0.25) is 5.91 Å². The second-order valence-electron chi connectivity index (χ2n) is 4.86. The molecule has 0 saturated heterocycles. The Hall–Kier alpha value is -0.810. The van der Waals surface area contributed by atoms with Gasteiger partial charge in [0.1, 0.15) is 5.67 Å². The Labute approximate surface area is 98.6 Å². The van der Waals surface area contributed by atoms with E-state index in [9.17, 15) is 22.4 Å². The largest absolute Gasteiger partial charge is 0.389 e. The van der Waals surface area contributed by atoms with Crippen LogP contribution in [0.15, 0.2) is 0 Å². The molecule has 0 aromatic carbocycles. The number of carbonyl (C=O) groups excluding carboxylic acids is 1. The predicted octanol–water partition coefficient (Wildman–Crippen LogP) is 3.35. The Morgan fingerprint density at radius 3 is 2.00 bits per heavy atom. The summed E-state index contributed by atoms with van der Waals surface area (Å²) in [6, 6.07) is 0. The maximum absolute atomic E-state index is 13.2. The third-order valence-electron chi connectivity index (χ3n) is 2.50. The summed E-state index contributed by atoms with van der Waals surface area (Å²) in [5.41, 5.74) is 3.64. The van der Waals surface area contributed by atoms with Gasteiger partial charge in [-0.1, -0.05) is 0 Å². The van der Waals surface area contributed by atoms with E-state index in [1.807, 2.05) is 0 Å². The van der Waals surface area contributed by atoms with Crippen LogP contribution in [0.2, 0.25) is 0 Å². The van der Waals surface area contributed by atoms with Gasteiger partial charge < -0.3 is 5.73 Å². The number of amides is 1. The number of nitrogens with two attached hydrogens (primary N) is 1. The first kappa shape index (κ1) is 16.2. The molecule has 0 aromatic heterocycles. The van der Waals surface area contributed by atoms with Crippen LogP contribution in [0, 0.1) is 5.92 Å². The zero-order valence-electron chi connectivity index (χ0n) is 10.1. The third-order valence-corrected chi connectivity index (χ3v) is 2.50. The van der Waals surface area contributed by atoms with Crippen molar-refractivity contribution >= 4 is 5.91 Å². The molecule has 0 aromatic rings. The predicted molar refractivity (Wildman–Crippen MR) is 57.0 cm³/mol. The lowest BCUT2D eigenvalue weighted by Crippen LogP contribution is -2.26. The maximum atomic E-state index is 13.2. The highest BCUT2D eigenvalue weighted by Gasteiger charge is 2.28. The highest BCUT2D eigenvalue weighted by molar-refractivity contribution is 5.76. The van der Waals surface area contributed by atoms with E-state index < -0.39 is 30.1 Å². The SMILES string of the molecule is CC(C)(F)CC[C@H](CCCC(F)(F)F)C(N)=O. The number of halogens is 4. The molecule has 0 unspecified atom stereocenters. The van der Waals surface area contributed by atoms with E-state index >= 15 is 0 Å². The Morgan fingerprint density at radius 1 is 1.12 bits per heavy atom. The van der Waals surface area contributed by atoms with Crippen LogP contribution < -0.4 is 5.73 Å². The van der Waals surface area contributed by atoms with E-state index in [4.69, 9.17) is 5.73 Å². The minimum Gasteiger partial charge on any atom is -0.369 e. The first-order valence-corrected chi connectivity index (χ1v) is 5.56. The number of alkyl halides is 4. The van der Waals surface area contributed by atoms with E-state index in [0.29, 0.717) is 0 Å². The van der Waals surface area contributed by atoms with Gasteiger partial charge in [-0.05, 0) is 39.5 Å². The summed E-state index contributed by atoms with van der Waals surface area (Å²) in [6.45, 7) is 2.72. The minimum absolute atomic E-state index is 0.0604. The first-order chi connectivity index (χ1) is 7.51. The monoisotopic (exact) mass is 257 g/mol. The molecular formula is C11H19F4NO. The van der Waals surface area contributed by atoms with Crippen LogP contribution in [0.5, 0.6) is 0 Å². The summed E-state index contributed by atoms with van der Waals surface area (Å²) in [5.74, 6) is -1.33. The molecule has 1 atom stereocenters. The molecule has 0 saturated carbocycles. The number of hydrogen-bond acceptors (Lipinski definition) is 1. The molecule has 102 valence electrons. The van der Waals surface area contributed by atoms with Gasteiger partial charge in [-0.3, -0.25) is 4.79 Å². The topological polar surface area (TPSA) is 43.1 Å². The Kier molecular flexibility index (Phi) is 5.92. The standard InChI is InChI=1S/C11H19F4NO/c1-10(2,12)7-5-8(9(16)17)4-3-6-11(13,14)15/h8H,3-7H2,1-2H3,(H2,16,17)/t8-/m0/s1. The lowest BCUT2D eigenvalue weighted by Gasteiger charge is -2.18. The zero-order valence-corrected chi connectivity index (χ0v) is 10.1. The van der Waals surface area contributed by atoms with Crippen molar-refractivity contribution in [1.82, 2.24) is 0 Å². The fourth-order valence-electron chi connectivity index (χ4n) is 1.50. The molecule has 6 heteroatoms. The molecule has 0 radical (unpaired) electrons. The van der Waals surface area contributed by atoms with Crippen LogP contribution in [0.4, 0.5) is 17.6 Å². The van der Waals surface area contributed by atoms with Gasteiger partial charge in [0.05, 0.1) is 0 Å². The second kappa shape index (κ2) is 6.21. The Bertz CT molecular complexity index is 245. The molecule has 1 amide bonds. The number of hydrogen-bond donors (Lipinski definition) is 1. The van der Waals surface area contributed by atoms with Crippen LogP contribution in [0.1, 0.15) is 46.0 Å². The van der Waals surface area contributed by atoms with E-state index in [0.717, 1.165) is 0 Å². The molecule has 17 heavy (non-hydrogen) atoms. The molecule has 0 heterocycles. The van der Waals surface area contributed by atoms with Gasteiger partial charge in [0.25, 0.3) is 0 Å². The van der Waals surface area contributed by atoms with Crippen molar-refractivity contribution in [3.05, 3.63) is 0 Å². The van der Waals surface area contributed by atoms with Gasteiger partial charge in [0.15, 0.2) is 0 Å². The average Bonchev–Trinajstić information content (AvgIpc) is 2.06. The van der Waals surface area contributed by atoms with Crippen molar-refractivity contribution in [3.8, 4) is 0 Å². The van der Waals surface area contributed by atoms with E-state index in [1.54, 1.807) is 0 Å². The second-order valence-corrected chi connectivity index (χ2v) is 4.86. The van der Waals surface area contributed by atoms with Gasteiger partial charge in [-0.25, -0.2) is 4.39 Å². The van der Waals surface area contributed by atoms with Crippen LogP contribution in [-0.4, -0.2) is 17.8 Å². The molecule has 0 bridgehead atoms. The van der Waals surface area contributed by atoms with E-state index in [2.05, 4.69) is 0 Å². The first-order valence-electron chi connectivity index (χ1n) is 5.56. The van der Waals surface area contributed by atoms with Crippen LogP contribution >= 0.6 is 0 Å². The lowest BCUT2D eigenvalue weighted by atomic mass is 9.91. The lowest BCUT2D eigenvalue weighted by molar-refractivity contribution is -0.137. The fourth-order valence-corrected chi connectivity index (χ4v) is 1.50. The molecule has 2 N–H and O–H groups in total. The fraction of sp³-hybridized carbons (Fsp3) is 0.909. The van der Waals surface area contributed by atoms with Gasteiger partial charge in [-0.2, -0.15) is 13.2 Å². The molecule has 0 aliphatic heterocycles. The van der Waals surface area contributed by atoms with E-state index in [1.165, 1.54) is 13.8 Å². The zero-order chi connectivity index (χ0) is 13.7. The summed E-state index contributed by atoms with van der Waals surface area (Å²) in [6.07, 6.45) is -4.94. The summed E-state index contributed by atoms with van der Waals surface area (Å²) < 4.78 is 48.9. The molecule has 0 fully saturated rings. The highest BCUT2D eigenvalue weighted by atomic mass is 19.4. The van der Waals surface area contributed by atoms with Crippen molar-refractivity contribution in [2.45, 2.75) is 57.8 Å². The van der Waals surface area contributed by atoms with Crippen molar-refractivity contribution < 1.29 is 22.4 Å². The molecule has 0 rings (SSSR count). The van der Waals surface area contributed by atoms with Crippen LogP contribution in [0.25, 0.3) is 0 Å². The summed E-state index contributed by atoms with van der Waals surface area (Å²) in [7, 11) is 0. The van der Waals surface area contributed by atoms with Crippen LogP contribution in [0.3, 0.4) is 0 Å².